The Hall–Kier alpha value is -1.94. The molecule has 20 heavy (non-hydrogen) atoms. The summed E-state index contributed by atoms with van der Waals surface area (Å²) in [5.74, 6) is 1.67. The summed E-state index contributed by atoms with van der Waals surface area (Å²) < 4.78 is 5.05. The molecule has 0 atom stereocenters. The van der Waals surface area contributed by atoms with Crippen LogP contribution in [0, 0.1) is 5.92 Å². The Morgan fingerprint density at radius 3 is 2.05 bits per heavy atom. The zero-order valence-electron chi connectivity index (χ0n) is 12.2. The Labute approximate surface area is 119 Å². The first kappa shape index (κ1) is 14.5. The maximum absolute atomic E-state index is 9.90. The summed E-state index contributed by atoms with van der Waals surface area (Å²) >= 11 is 0. The third-order valence-electron chi connectivity index (χ3n) is 3.20. The summed E-state index contributed by atoms with van der Waals surface area (Å²) in [4.78, 5) is 8.51. The van der Waals surface area contributed by atoms with Crippen LogP contribution in [0.25, 0.3) is 0 Å². The van der Waals surface area contributed by atoms with E-state index in [4.69, 9.17) is 4.74 Å². The van der Waals surface area contributed by atoms with E-state index in [9.17, 15) is 5.11 Å². The SMILES string of the molecule is COc1ccc([C](C)c2ccc(C(C)(C)O)nc2)cn1. The maximum Gasteiger partial charge on any atom is 0.212 e. The Morgan fingerprint density at radius 2 is 1.65 bits per heavy atom. The quantitative estimate of drug-likeness (QED) is 0.929. The van der Waals surface area contributed by atoms with Crippen LogP contribution < -0.4 is 4.74 Å². The minimum Gasteiger partial charge on any atom is -0.481 e. The van der Waals surface area contributed by atoms with Gasteiger partial charge in [-0.25, -0.2) is 4.98 Å². The van der Waals surface area contributed by atoms with Gasteiger partial charge in [0.1, 0.15) is 5.60 Å². The first-order valence-electron chi connectivity index (χ1n) is 6.45. The average Bonchev–Trinajstić information content (AvgIpc) is 2.46. The second-order valence-electron chi connectivity index (χ2n) is 5.21. The third-order valence-corrected chi connectivity index (χ3v) is 3.20. The van der Waals surface area contributed by atoms with Crippen LogP contribution in [0.15, 0.2) is 36.7 Å². The van der Waals surface area contributed by atoms with E-state index in [-0.39, 0.29) is 0 Å². The number of rotatable bonds is 4. The molecule has 4 nitrogen and oxygen atoms in total. The van der Waals surface area contributed by atoms with Crippen LogP contribution in [0.3, 0.4) is 0 Å². The lowest BCUT2D eigenvalue weighted by atomic mass is 9.94. The predicted octanol–water partition coefficient (Wildman–Crippen LogP) is 2.70. The van der Waals surface area contributed by atoms with E-state index < -0.39 is 5.60 Å². The van der Waals surface area contributed by atoms with Crippen LogP contribution >= 0.6 is 0 Å². The molecule has 0 amide bonds. The molecule has 105 valence electrons. The highest BCUT2D eigenvalue weighted by atomic mass is 16.5. The number of pyridine rings is 2. The van der Waals surface area contributed by atoms with Gasteiger partial charge in [-0.05, 0) is 31.0 Å². The Morgan fingerprint density at radius 1 is 1.05 bits per heavy atom. The molecule has 0 unspecified atom stereocenters. The Balaban J connectivity index is 2.22. The number of methoxy groups -OCH3 is 1. The fourth-order valence-electron chi connectivity index (χ4n) is 1.87. The zero-order chi connectivity index (χ0) is 14.8. The van der Waals surface area contributed by atoms with Gasteiger partial charge < -0.3 is 9.84 Å². The minimum atomic E-state index is -0.923. The molecule has 0 fully saturated rings. The predicted molar refractivity (Wildman–Crippen MR) is 77.4 cm³/mol. The van der Waals surface area contributed by atoms with Gasteiger partial charge in [0.05, 0.1) is 12.8 Å². The molecule has 0 aromatic carbocycles. The zero-order valence-corrected chi connectivity index (χ0v) is 12.2. The van der Waals surface area contributed by atoms with Crippen molar-refractivity contribution in [3.63, 3.8) is 0 Å². The molecule has 0 aliphatic heterocycles. The second kappa shape index (κ2) is 5.59. The lowest BCUT2D eigenvalue weighted by Gasteiger charge is -2.18. The van der Waals surface area contributed by atoms with E-state index in [1.165, 1.54) is 0 Å². The smallest absolute Gasteiger partial charge is 0.212 e. The summed E-state index contributed by atoms with van der Waals surface area (Å²) in [5.41, 5.74) is 1.75. The largest absolute Gasteiger partial charge is 0.481 e. The monoisotopic (exact) mass is 271 g/mol. The molecule has 0 bridgehead atoms. The third kappa shape index (κ3) is 3.14. The molecule has 2 aromatic rings. The number of hydrogen-bond donors (Lipinski definition) is 1. The molecular weight excluding hydrogens is 252 g/mol. The molecule has 4 heteroatoms. The number of nitrogens with zero attached hydrogens (tertiary/aromatic N) is 2. The number of hydrogen-bond acceptors (Lipinski definition) is 4. The van der Waals surface area contributed by atoms with Crippen molar-refractivity contribution < 1.29 is 9.84 Å². The molecule has 2 heterocycles. The molecule has 1 N–H and O–H groups in total. The molecule has 2 rings (SSSR count). The van der Waals surface area contributed by atoms with Crippen LogP contribution in [-0.2, 0) is 5.60 Å². The van der Waals surface area contributed by atoms with Crippen LogP contribution in [0.2, 0.25) is 0 Å². The van der Waals surface area contributed by atoms with Crippen molar-refractivity contribution in [1.29, 1.82) is 0 Å². The number of aliphatic hydroxyl groups is 1. The van der Waals surface area contributed by atoms with Gasteiger partial charge in [0.15, 0.2) is 0 Å². The second-order valence-corrected chi connectivity index (χ2v) is 5.21. The van der Waals surface area contributed by atoms with Gasteiger partial charge >= 0.3 is 0 Å². The molecule has 0 aliphatic rings. The fraction of sp³-hybridized carbons (Fsp3) is 0.312. The average molecular weight is 271 g/mol. The van der Waals surface area contributed by atoms with Crippen LogP contribution in [-0.4, -0.2) is 22.2 Å². The van der Waals surface area contributed by atoms with Crippen LogP contribution in [0.4, 0.5) is 0 Å². The molecular formula is C16H19N2O2. The normalized spacial score (nSPS) is 11.7. The van der Waals surface area contributed by atoms with Crippen molar-refractivity contribution in [3.05, 3.63) is 59.4 Å². The Kier molecular flexibility index (Phi) is 4.04. The van der Waals surface area contributed by atoms with Crippen molar-refractivity contribution in [2.24, 2.45) is 0 Å². The van der Waals surface area contributed by atoms with Crippen molar-refractivity contribution in [1.82, 2.24) is 9.97 Å². The van der Waals surface area contributed by atoms with Crippen molar-refractivity contribution in [2.75, 3.05) is 7.11 Å². The highest BCUT2D eigenvalue weighted by Crippen LogP contribution is 2.25. The molecule has 0 saturated carbocycles. The molecule has 0 aliphatic carbocycles. The van der Waals surface area contributed by atoms with E-state index in [0.29, 0.717) is 11.6 Å². The molecule has 0 saturated heterocycles. The van der Waals surface area contributed by atoms with Gasteiger partial charge in [0.25, 0.3) is 0 Å². The van der Waals surface area contributed by atoms with Gasteiger partial charge in [-0.15, -0.1) is 0 Å². The number of aromatic nitrogens is 2. The van der Waals surface area contributed by atoms with Crippen molar-refractivity contribution in [3.8, 4) is 5.88 Å². The van der Waals surface area contributed by atoms with Gasteiger partial charge in [-0.3, -0.25) is 4.98 Å². The van der Waals surface area contributed by atoms with E-state index >= 15 is 0 Å². The van der Waals surface area contributed by atoms with Crippen LogP contribution in [0.1, 0.15) is 37.6 Å². The van der Waals surface area contributed by atoms with E-state index in [1.54, 1.807) is 33.4 Å². The first-order valence-corrected chi connectivity index (χ1v) is 6.45. The molecule has 2 aromatic heterocycles. The van der Waals surface area contributed by atoms with E-state index in [1.807, 2.05) is 31.2 Å². The topological polar surface area (TPSA) is 55.2 Å². The highest BCUT2D eigenvalue weighted by molar-refractivity contribution is 5.43. The maximum atomic E-state index is 9.90. The van der Waals surface area contributed by atoms with Crippen molar-refractivity contribution in [2.45, 2.75) is 26.4 Å². The summed E-state index contributed by atoms with van der Waals surface area (Å²) in [6, 6.07) is 7.60. The summed E-state index contributed by atoms with van der Waals surface area (Å²) in [7, 11) is 1.60. The summed E-state index contributed by atoms with van der Waals surface area (Å²) in [6.45, 7) is 5.46. The minimum absolute atomic E-state index is 0.594. The molecule has 0 spiro atoms. The summed E-state index contributed by atoms with van der Waals surface area (Å²) in [6.07, 6.45) is 3.55. The summed E-state index contributed by atoms with van der Waals surface area (Å²) in [5, 5.41) is 9.90. The van der Waals surface area contributed by atoms with Crippen LogP contribution in [0.5, 0.6) is 5.88 Å². The van der Waals surface area contributed by atoms with Gasteiger partial charge in [-0.2, -0.15) is 0 Å². The van der Waals surface area contributed by atoms with E-state index in [0.717, 1.165) is 17.0 Å². The van der Waals surface area contributed by atoms with E-state index in [2.05, 4.69) is 9.97 Å². The first-order chi connectivity index (χ1) is 9.41. The highest BCUT2D eigenvalue weighted by Gasteiger charge is 2.18. The van der Waals surface area contributed by atoms with Gasteiger partial charge in [0.2, 0.25) is 5.88 Å². The molecule has 1 radical (unpaired) electrons. The fourth-order valence-corrected chi connectivity index (χ4v) is 1.87. The number of ether oxygens (including phenoxy) is 1. The van der Waals surface area contributed by atoms with Gasteiger partial charge in [-0.1, -0.05) is 19.1 Å². The lowest BCUT2D eigenvalue weighted by Crippen LogP contribution is -2.17. The van der Waals surface area contributed by atoms with Gasteiger partial charge in [0, 0.05) is 24.4 Å². The van der Waals surface area contributed by atoms with Crippen molar-refractivity contribution >= 4 is 0 Å². The lowest BCUT2D eigenvalue weighted by molar-refractivity contribution is 0.0738. The standard InChI is InChI=1S/C16H19N2O2/c1-11(13-6-8-15(20-4)18-10-13)12-5-7-14(17-9-12)16(2,3)19/h5-10,19H,1-4H3. The Bertz CT molecular complexity index is 557.